The highest BCUT2D eigenvalue weighted by atomic mass is 16.5. The summed E-state index contributed by atoms with van der Waals surface area (Å²) in [6.45, 7) is 1.50. The molecule has 0 spiro atoms. The Bertz CT molecular complexity index is 1200. The SMILES string of the molecule is COc1cc2c(cc1OC)N(C)c1ccc(C#N)cc1NCCN(Cc1ccccc1)C2=O. The van der Waals surface area contributed by atoms with E-state index >= 15 is 0 Å². The number of hydrogen-bond acceptors (Lipinski definition) is 6. The van der Waals surface area contributed by atoms with Crippen molar-refractivity contribution in [2.75, 3.05) is 44.6 Å². The lowest BCUT2D eigenvalue weighted by molar-refractivity contribution is 0.0750. The second-order valence-corrected chi connectivity index (χ2v) is 7.77. The van der Waals surface area contributed by atoms with Gasteiger partial charge in [-0.15, -0.1) is 0 Å². The maximum absolute atomic E-state index is 13.8. The number of nitrogens with zero attached hydrogens (tertiary/aromatic N) is 3. The Morgan fingerprint density at radius 1 is 1.00 bits per heavy atom. The molecule has 7 heteroatoms. The van der Waals surface area contributed by atoms with Crippen LogP contribution < -0.4 is 19.7 Å². The van der Waals surface area contributed by atoms with Crippen LogP contribution >= 0.6 is 0 Å². The summed E-state index contributed by atoms with van der Waals surface area (Å²) in [5.41, 5.74) is 4.49. The largest absolute Gasteiger partial charge is 0.493 e. The van der Waals surface area contributed by atoms with E-state index in [0.29, 0.717) is 47.9 Å². The minimum absolute atomic E-state index is 0.0967. The monoisotopic (exact) mass is 442 g/mol. The summed E-state index contributed by atoms with van der Waals surface area (Å²) < 4.78 is 11.0. The fourth-order valence-corrected chi connectivity index (χ4v) is 4.04. The van der Waals surface area contributed by atoms with Crippen LogP contribution in [0.4, 0.5) is 17.1 Å². The Labute approximate surface area is 193 Å². The van der Waals surface area contributed by atoms with Gasteiger partial charge in [-0.25, -0.2) is 0 Å². The molecule has 0 aromatic heterocycles. The molecule has 168 valence electrons. The standard InChI is InChI=1S/C26H26N4O3/c1-29-22-10-9-19(16-27)13-21(22)28-11-12-30(17-18-7-5-4-6-8-18)26(31)20-14-24(32-2)25(33-3)15-23(20)29/h4-10,13-15,28H,11-12,17H2,1-3H3. The fraction of sp³-hybridized carbons (Fsp3) is 0.231. The van der Waals surface area contributed by atoms with Crippen molar-refractivity contribution in [3.05, 3.63) is 77.4 Å². The average molecular weight is 443 g/mol. The van der Waals surface area contributed by atoms with E-state index in [4.69, 9.17) is 9.47 Å². The van der Waals surface area contributed by atoms with Gasteiger partial charge in [0.05, 0.1) is 48.5 Å². The summed E-state index contributed by atoms with van der Waals surface area (Å²) in [5.74, 6) is 0.930. The topological polar surface area (TPSA) is 77.8 Å². The molecule has 0 aliphatic carbocycles. The average Bonchev–Trinajstić information content (AvgIpc) is 2.86. The number of carbonyl (C=O) groups excluding carboxylic acids is 1. The van der Waals surface area contributed by atoms with E-state index in [1.54, 1.807) is 26.4 Å². The second kappa shape index (κ2) is 9.53. The van der Waals surface area contributed by atoms with Crippen molar-refractivity contribution in [2.45, 2.75) is 6.54 Å². The predicted molar refractivity (Wildman–Crippen MR) is 128 cm³/mol. The van der Waals surface area contributed by atoms with Gasteiger partial charge in [0.1, 0.15) is 0 Å². The molecule has 0 atom stereocenters. The number of nitrogens with one attached hydrogen (secondary N) is 1. The summed E-state index contributed by atoms with van der Waals surface area (Å²) in [7, 11) is 5.03. The second-order valence-electron chi connectivity index (χ2n) is 7.77. The highest BCUT2D eigenvalue weighted by Crippen LogP contribution is 2.40. The van der Waals surface area contributed by atoms with Crippen LogP contribution in [0.25, 0.3) is 0 Å². The van der Waals surface area contributed by atoms with Crippen LogP contribution in [0.5, 0.6) is 11.5 Å². The highest BCUT2D eigenvalue weighted by molar-refractivity contribution is 6.02. The third kappa shape index (κ3) is 4.41. The van der Waals surface area contributed by atoms with Crippen LogP contribution in [-0.2, 0) is 6.54 Å². The molecule has 3 aromatic carbocycles. The van der Waals surface area contributed by atoms with Gasteiger partial charge in [-0.05, 0) is 29.8 Å². The molecule has 1 aliphatic rings. The molecule has 0 saturated heterocycles. The highest BCUT2D eigenvalue weighted by Gasteiger charge is 2.26. The summed E-state index contributed by atoms with van der Waals surface area (Å²) in [5, 5.41) is 12.8. The zero-order valence-corrected chi connectivity index (χ0v) is 19.0. The molecule has 1 aliphatic heterocycles. The Morgan fingerprint density at radius 3 is 2.42 bits per heavy atom. The van der Waals surface area contributed by atoms with Gasteiger partial charge >= 0.3 is 0 Å². The first-order chi connectivity index (χ1) is 16.0. The van der Waals surface area contributed by atoms with E-state index in [2.05, 4.69) is 11.4 Å². The first-order valence-corrected chi connectivity index (χ1v) is 10.7. The number of fused-ring (bicyclic) bond motifs is 2. The lowest BCUT2D eigenvalue weighted by Crippen LogP contribution is -2.36. The number of rotatable bonds is 4. The van der Waals surface area contributed by atoms with Crippen molar-refractivity contribution in [2.24, 2.45) is 0 Å². The minimum atomic E-state index is -0.0967. The molecule has 1 heterocycles. The van der Waals surface area contributed by atoms with Gasteiger partial charge in [-0.3, -0.25) is 4.79 Å². The van der Waals surface area contributed by atoms with Gasteiger partial charge in [-0.2, -0.15) is 5.26 Å². The molecule has 0 saturated carbocycles. The summed E-state index contributed by atoms with van der Waals surface area (Å²) in [6, 6.07) is 21.1. The maximum atomic E-state index is 13.8. The van der Waals surface area contributed by atoms with E-state index < -0.39 is 0 Å². The summed E-state index contributed by atoms with van der Waals surface area (Å²) >= 11 is 0. The molecule has 4 rings (SSSR count). The van der Waals surface area contributed by atoms with Crippen LogP contribution in [-0.4, -0.2) is 45.2 Å². The lowest BCUT2D eigenvalue weighted by Gasteiger charge is -2.31. The lowest BCUT2D eigenvalue weighted by atomic mass is 10.1. The Hall–Kier alpha value is -4.18. The van der Waals surface area contributed by atoms with Crippen LogP contribution in [0.3, 0.4) is 0 Å². The van der Waals surface area contributed by atoms with Crippen LogP contribution in [0.15, 0.2) is 60.7 Å². The molecular weight excluding hydrogens is 416 g/mol. The number of ether oxygens (including phenoxy) is 2. The van der Waals surface area contributed by atoms with E-state index in [1.807, 2.05) is 65.4 Å². The quantitative estimate of drug-likeness (QED) is 0.645. The van der Waals surface area contributed by atoms with Gasteiger partial charge < -0.3 is 24.6 Å². The number of hydrogen-bond donors (Lipinski definition) is 1. The number of nitriles is 1. The number of amides is 1. The number of methoxy groups -OCH3 is 2. The van der Waals surface area contributed by atoms with E-state index in [-0.39, 0.29) is 5.91 Å². The van der Waals surface area contributed by atoms with Crippen molar-refractivity contribution in [1.82, 2.24) is 4.90 Å². The van der Waals surface area contributed by atoms with Gasteiger partial charge in [0.25, 0.3) is 5.91 Å². The van der Waals surface area contributed by atoms with Crippen molar-refractivity contribution >= 4 is 23.0 Å². The third-order valence-corrected chi connectivity index (χ3v) is 5.78. The van der Waals surface area contributed by atoms with Crippen molar-refractivity contribution in [3.8, 4) is 17.6 Å². The number of benzene rings is 3. The first kappa shape index (κ1) is 22.0. The molecule has 0 unspecified atom stereocenters. The molecule has 3 aromatic rings. The summed E-state index contributed by atoms with van der Waals surface area (Å²) in [4.78, 5) is 17.6. The fourth-order valence-electron chi connectivity index (χ4n) is 4.04. The molecule has 1 amide bonds. The number of carbonyl (C=O) groups is 1. The minimum Gasteiger partial charge on any atom is -0.493 e. The Balaban J connectivity index is 1.87. The molecule has 33 heavy (non-hydrogen) atoms. The number of anilines is 3. The first-order valence-electron chi connectivity index (χ1n) is 10.7. The third-order valence-electron chi connectivity index (χ3n) is 5.78. The van der Waals surface area contributed by atoms with Gasteiger partial charge in [0, 0.05) is 32.7 Å². The zero-order valence-electron chi connectivity index (χ0n) is 19.0. The molecule has 0 fully saturated rings. The normalized spacial score (nSPS) is 13.3. The molecular formula is C26H26N4O3. The zero-order chi connectivity index (χ0) is 23.4. The van der Waals surface area contributed by atoms with Gasteiger partial charge in [-0.1, -0.05) is 30.3 Å². The van der Waals surface area contributed by atoms with Gasteiger partial charge in [0.15, 0.2) is 11.5 Å². The van der Waals surface area contributed by atoms with Crippen molar-refractivity contribution in [3.63, 3.8) is 0 Å². The Kier molecular flexibility index (Phi) is 6.36. The molecule has 1 N–H and O–H groups in total. The molecule has 0 radical (unpaired) electrons. The summed E-state index contributed by atoms with van der Waals surface area (Å²) in [6.07, 6.45) is 0. The molecule has 0 bridgehead atoms. The van der Waals surface area contributed by atoms with E-state index in [0.717, 1.165) is 16.9 Å². The van der Waals surface area contributed by atoms with Crippen molar-refractivity contribution < 1.29 is 14.3 Å². The van der Waals surface area contributed by atoms with E-state index in [1.165, 1.54) is 0 Å². The van der Waals surface area contributed by atoms with Crippen LogP contribution in [0, 0.1) is 11.3 Å². The molecule has 7 nitrogen and oxygen atoms in total. The van der Waals surface area contributed by atoms with Crippen molar-refractivity contribution in [1.29, 1.82) is 5.26 Å². The van der Waals surface area contributed by atoms with Crippen LogP contribution in [0.1, 0.15) is 21.5 Å². The van der Waals surface area contributed by atoms with Gasteiger partial charge in [0.2, 0.25) is 0 Å². The maximum Gasteiger partial charge on any atom is 0.256 e. The Morgan fingerprint density at radius 2 is 1.73 bits per heavy atom. The smallest absolute Gasteiger partial charge is 0.256 e. The predicted octanol–water partition coefficient (Wildman–Crippen LogP) is 4.41. The van der Waals surface area contributed by atoms with E-state index in [9.17, 15) is 10.1 Å². The van der Waals surface area contributed by atoms with Crippen LogP contribution in [0.2, 0.25) is 0 Å².